The summed E-state index contributed by atoms with van der Waals surface area (Å²) in [6.07, 6.45) is 32.3. The number of nitrogens with two attached hydrogens (primary N) is 1. The number of aliphatic carboxylic acids is 1. The van der Waals surface area contributed by atoms with Crippen LogP contribution in [0.5, 0.6) is 0 Å². The van der Waals surface area contributed by atoms with E-state index >= 15 is 0 Å². The van der Waals surface area contributed by atoms with E-state index in [-0.39, 0.29) is 19.4 Å². The topological polar surface area (TPSA) is 172 Å². The van der Waals surface area contributed by atoms with Crippen molar-refractivity contribution in [1.29, 1.82) is 0 Å². The number of allylic oxidation sites excluding steroid dienone is 10. The average molecular weight is 684 g/mol. The molecule has 0 spiro atoms. The molecule has 11 nitrogen and oxygen atoms in total. The molecule has 3 atom stereocenters. The second-order valence-electron chi connectivity index (χ2n) is 10.9. The van der Waals surface area contributed by atoms with Gasteiger partial charge in [-0.2, -0.15) is 0 Å². The van der Waals surface area contributed by atoms with Crippen LogP contribution in [0, 0.1) is 0 Å². The first kappa shape index (κ1) is 44.2. The highest BCUT2D eigenvalue weighted by Crippen LogP contribution is 2.43. The number of unbranched alkanes of at least 4 members (excludes halogenated alkanes) is 6. The lowest BCUT2D eigenvalue weighted by Gasteiger charge is -2.20. The third kappa shape index (κ3) is 30.3. The molecule has 0 saturated carbocycles. The Labute approximate surface area is 281 Å². The van der Waals surface area contributed by atoms with Gasteiger partial charge in [-0.3, -0.25) is 23.4 Å². The number of rotatable bonds is 30. The SMILES string of the molecule is CC/C=C\C/C=C\C/C=C\C/C=C\C/C=C\CCCCCC(=O)OC(COC(=O)CCCCCC)COP(=O)(O)OCC(N)C(=O)O. The van der Waals surface area contributed by atoms with E-state index in [4.69, 9.17) is 24.8 Å². The fourth-order valence-electron chi connectivity index (χ4n) is 3.85. The number of carboxylic acid groups (broad SMARTS) is 1. The summed E-state index contributed by atoms with van der Waals surface area (Å²) in [5.74, 6) is -2.46. The number of hydrogen-bond donors (Lipinski definition) is 3. The second kappa shape index (κ2) is 30.5. The summed E-state index contributed by atoms with van der Waals surface area (Å²) in [7, 11) is -4.71. The molecule has 0 aromatic heterocycles. The molecule has 0 bridgehead atoms. The van der Waals surface area contributed by atoms with Gasteiger partial charge in [-0.15, -0.1) is 0 Å². The van der Waals surface area contributed by atoms with Crippen molar-refractivity contribution in [3.63, 3.8) is 0 Å². The molecule has 0 aliphatic rings. The normalized spacial score (nSPS) is 14.8. The van der Waals surface area contributed by atoms with Crippen molar-refractivity contribution in [2.75, 3.05) is 19.8 Å². The zero-order valence-corrected chi connectivity index (χ0v) is 29.2. The number of ether oxygens (including phenoxy) is 2. The average Bonchev–Trinajstić information content (AvgIpc) is 3.04. The van der Waals surface area contributed by atoms with Crippen LogP contribution in [0.4, 0.5) is 0 Å². The summed E-state index contributed by atoms with van der Waals surface area (Å²) < 4.78 is 32.2. The highest BCUT2D eigenvalue weighted by molar-refractivity contribution is 7.47. The predicted octanol–water partition coefficient (Wildman–Crippen LogP) is 7.66. The molecule has 0 heterocycles. The minimum absolute atomic E-state index is 0.119. The number of carbonyl (C=O) groups excluding carboxylic acids is 2. The zero-order chi connectivity index (χ0) is 35.0. The van der Waals surface area contributed by atoms with E-state index in [0.29, 0.717) is 12.8 Å². The Morgan fingerprint density at radius 1 is 0.681 bits per heavy atom. The fourth-order valence-corrected chi connectivity index (χ4v) is 4.63. The molecular weight excluding hydrogens is 625 g/mol. The molecule has 12 heteroatoms. The van der Waals surface area contributed by atoms with Gasteiger partial charge in [0.05, 0.1) is 13.2 Å². The molecule has 0 rings (SSSR count). The van der Waals surface area contributed by atoms with E-state index in [1.54, 1.807) is 0 Å². The Bertz CT molecular complexity index is 1040. The van der Waals surface area contributed by atoms with Crippen LogP contribution >= 0.6 is 7.82 Å². The number of carbonyl (C=O) groups is 3. The molecule has 47 heavy (non-hydrogen) atoms. The van der Waals surface area contributed by atoms with Gasteiger partial charge in [0, 0.05) is 12.8 Å². The second-order valence-corrected chi connectivity index (χ2v) is 12.4. The summed E-state index contributed by atoms with van der Waals surface area (Å²) >= 11 is 0. The molecule has 0 fully saturated rings. The maximum absolute atomic E-state index is 12.4. The molecule has 0 amide bonds. The quantitative estimate of drug-likeness (QED) is 0.0294. The van der Waals surface area contributed by atoms with Crippen molar-refractivity contribution < 1.29 is 47.5 Å². The number of phosphoric acid groups is 1. The number of hydrogen-bond acceptors (Lipinski definition) is 9. The highest BCUT2D eigenvalue weighted by atomic mass is 31.2. The van der Waals surface area contributed by atoms with E-state index in [2.05, 4.69) is 79.1 Å². The lowest BCUT2D eigenvalue weighted by atomic mass is 10.1. The highest BCUT2D eigenvalue weighted by Gasteiger charge is 2.28. The van der Waals surface area contributed by atoms with Crippen molar-refractivity contribution in [2.45, 2.75) is 122 Å². The molecule has 3 unspecified atom stereocenters. The van der Waals surface area contributed by atoms with Crippen LogP contribution in [-0.4, -0.2) is 59.9 Å². The van der Waals surface area contributed by atoms with Crippen LogP contribution in [0.25, 0.3) is 0 Å². The van der Waals surface area contributed by atoms with Crippen LogP contribution in [0.1, 0.15) is 110 Å². The van der Waals surface area contributed by atoms with Gasteiger partial charge in [-0.25, -0.2) is 4.57 Å². The third-order valence-corrected chi connectivity index (χ3v) is 7.48. The number of esters is 2. The molecule has 0 aromatic rings. The summed E-state index contributed by atoms with van der Waals surface area (Å²) in [6, 6.07) is -1.53. The van der Waals surface area contributed by atoms with Crippen molar-refractivity contribution in [1.82, 2.24) is 0 Å². The number of phosphoric ester groups is 1. The first-order valence-corrected chi connectivity index (χ1v) is 18.3. The molecule has 0 aliphatic carbocycles. The smallest absolute Gasteiger partial charge is 0.472 e. The molecule has 268 valence electrons. The molecule has 0 aliphatic heterocycles. The van der Waals surface area contributed by atoms with Crippen LogP contribution < -0.4 is 5.73 Å². The van der Waals surface area contributed by atoms with E-state index in [0.717, 1.165) is 70.6 Å². The lowest BCUT2D eigenvalue weighted by molar-refractivity contribution is -0.161. The summed E-state index contributed by atoms with van der Waals surface area (Å²) in [6.45, 7) is 2.46. The van der Waals surface area contributed by atoms with Gasteiger partial charge in [0.2, 0.25) is 0 Å². The Morgan fingerprint density at radius 3 is 1.74 bits per heavy atom. The summed E-state index contributed by atoms with van der Waals surface area (Å²) in [4.78, 5) is 45.2. The van der Waals surface area contributed by atoms with Crippen molar-refractivity contribution in [3.05, 3.63) is 60.8 Å². The van der Waals surface area contributed by atoms with E-state index in [1.165, 1.54) is 0 Å². The van der Waals surface area contributed by atoms with Gasteiger partial charge in [0.25, 0.3) is 0 Å². The number of carboxylic acids is 1. The third-order valence-electron chi connectivity index (χ3n) is 6.53. The van der Waals surface area contributed by atoms with E-state index in [1.807, 2.05) is 0 Å². The van der Waals surface area contributed by atoms with Gasteiger partial charge in [0.15, 0.2) is 6.10 Å². The van der Waals surface area contributed by atoms with Gasteiger partial charge < -0.3 is 25.2 Å². The fraction of sp³-hybridized carbons (Fsp3) is 0.629. The molecule has 0 saturated heterocycles. The molecule has 0 radical (unpaired) electrons. The minimum atomic E-state index is -4.71. The molecule has 0 aromatic carbocycles. The van der Waals surface area contributed by atoms with Crippen LogP contribution in [0.15, 0.2) is 60.8 Å². The Hall–Kier alpha value is -2.82. The van der Waals surface area contributed by atoms with Gasteiger partial charge >= 0.3 is 25.7 Å². The molecule has 4 N–H and O–H groups in total. The largest absolute Gasteiger partial charge is 0.480 e. The lowest BCUT2D eigenvalue weighted by Crippen LogP contribution is -2.34. The maximum Gasteiger partial charge on any atom is 0.472 e. The minimum Gasteiger partial charge on any atom is -0.480 e. The standard InChI is InChI=1S/C35H58NO10P/c1-3-5-7-9-10-11-12-13-14-15-16-17-18-19-20-21-22-23-25-27-34(38)46-31(28-43-33(37)26-24-8-6-4-2)29-44-47(41,42)45-30-32(36)35(39)40/h5,7,10-11,13-14,16-17,19-20,31-32H,3-4,6,8-9,12,15,18,21-30,36H2,1-2H3,(H,39,40)(H,41,42)/b7-5-,11-10-,14-13-,17-16-,20-19-. The maximum atomic E-state index is 12.4. The van der Waals surface area contributed by atoms with Crippen LogP contribution in [0.2, 0.25) is 0 Å². The molecular formula is C35H58NO10P. The first-order chi connectivity index (χ1) is 22.6. The van der Waals surface area contributed by atoms with Crippen LogP contribution in [-0.2, 0) is 37.5 Å². The predicted molar refractivity (Wildman–Crippen MR) is 184 cm³/mol. The Balaban J connectivity index is 4.41. The van der Waals surface area contributed by atoms with Gasteiger partial charge in [-0.1, -0.05) is 100 Å². The van der Waals surface area contributed by atoms with E-state index < -0.39 is 51.1 Å². The Morgan fingerprint density at radius 2 is 1.19 bits per heavy atom. The summed E-state index contributed by atoms with van der Waals surface area (Å²) in [5.41, 5.74) is 5.28. The van der Waals surface area contributed by atoms with Crippen LogP contribution in [0.3, 0.4) is 0 Å². The van der Waals surface area contributed by atoms with Crippen molar-refractivity contribution in [2.24, 2.45) is 5.73 Å². The van der Waals surface area contributed by atoms with E-state index in [9.17, 15) is 23.8 Å². The monoisotopic (exact) mass is 683 g/mol. The summed E-state index contributed by atoms with van der Waals surface area (Å²) in [5, 5.41) is 8.80. The van der Waals surface area contributed by atoms with Crippen molar-refractivity contribution >= 4 is 25.7 Å². The first-order valence-electron chi connectivity index (χ1n) is 16.8. The van der Waals surface area contributed by atoms with Gasteiger partial charge in [-0.05, 0) is 57.8 Å². The Kier molecular flexibility index (Phi) is 28.7. The zero-order valence-electron chi connectivity index (χ0n) is 28.3. The van der Waals surface area contributed by atoms with Crippen molar-refractivity contribution in [3.8, 4) is 0 Å². The van der Waals surface area contributed by atoms with Gasteiger partial charge in [0.1, 0.15) is 12.6 Å².